The van der Waals surface area contributed by atoms with Crippen LogP contribution < -0.4 is 10.6 Å². The third kappa shape index (κ3) is 5.16. The van der Waals surface area contributed by atoms with E-state index in [-0.39, 0.29) is 17.6 Å². The number of aromatic hydroxyl groups is 1. The van der Waals surface area contributed by atoms with Gasteiger partial charge in [0.1, 0.15) is 23.6 Å². The lowest BCUT2D eigenvalue weighted by Gasteiger charge is -2.15. The first-order chi connectivity index (χ1) is 17.5. The molecule has 8 nitrogen and oxygen atoms in total. The van der Waals surface area contributed by atoms with Gasteiger partial charge in [0.15, 0.2) is 5.65 Å². The molecule has 3 aromatic heterocycles. The lowest BCUT2D eigenvalue weighted by Crippen LogP contribution is -2.12. The number of hydrogen-bond donors (Lipinski definition) is 4. The SMILES string of the molecule is CC(C)c1ccc2c(Nc3cc(NC(=O)c4ccc[nH]4)ccc3Sc3ccc(O)cc3)ncnc2n1. The van der Waals surface area contributed by atoms with Crippen LogP contribution in [-0.2, 0) is 0 Å². The van der Waals surface area contributed by atoms with Crippen molar-refractivity contribution in [3.8, 4) is 5.75 Å². The number of pyridine rings is 1. The first-order valence-electron chi connectivity index (χ1n) is 11.4. The summed E-state index contributed by atoms with van der Waals surface area (Å²) in [6.45, 7) is 4.18. The van der Waals surface area contributed by atoms with E-state index in [9.17, 15) is 9.90 Å². The van der Waals surface area contributed by atoms with E-state index in [1.165, 1.54) is 18.1 Å². The number of nitrogens with one attached hydrogen (secondary N) is 3. The number of phenolic OH excluding ortho intramolecular Hbond substituents is 1. The zero-order valence-electron chi connectivity index (χ0n) is 19.7. The predicted octanol–water partition coefficient (Wildman–Crippen LogP) is 6.33. The maximum atomic E-state index is 12.6. The summed E-state index contributed by atoms with van der Waals surface area (Å²) in [5.74, 6) is 0.876. The molecule has 0 bridgehead atoms. The van der Waals surface area contributed by atoms with Gasteiger partial charge < -0.3 is 20.7 Å². The van der Waals surface area contributed by atoms with Gasteiger partial charge in [0, 0.05) is 27.4 Å². The van der Waals surface area contributed by atoms with Crippen molar-refractivity contribution in [1.29, 1.82) is 0 Å². The molecule has 4 N–H and O–H groups in total. The number of amides is 1. The Morgan fingerprint density at radius 2 is 1.86 bits per heavy atom. The molecule has 9 heteroatoms. The molecule has 0 spiro atoms. The minimum Gasteiger partial charge on any atom is -0.508 e. The Hall–Kier alpha value is -4.37. The van der Waals surface area contributed by atoms with Gasteiger partial charge in [-0.15, -0.1) is 0 Å². The van der Waals surface area contributed by atoms with Crippen LogP contribution >= 0.6 is 11.8 Å². The van der Waals surface area contributed by atoms with Crippen LogP contribution in [0.15, 0.2) is 89.0 Å². The normalized spacial score (nSPS) is 11.1. The Balaban J connectivity index is 1.51. The van der Waals surface area contributed by atoms with E-state index >= 15 is 0 Å². The van der Waals surface area contributed by atoms with Gasteiger partial charge in [-0.1, -0.05) is 25.6 Å². The van der Waals surface area contributed by atoms with Gasteiger partial charge in [0.25, 0.3) is 5.91 Å². The van der Waals surface area contributed by atoms with E-state index in [0.29, 0.717) is 22.8 Å². The van der Waals surface area contributed by atoms with Crippen molar-refractivity contribution in [2.45, 2.75) is 29.6 Å². The van der Waals surface area contributed by atoms with Crippen molar-refractivity contribution in [1.82, 2.24) is 19.9 Å². The van der Waals surface area contributed by atoms with Crippen molar-refractivity contribution < 1.29 is 9.90 Å². The Morgan fingerprint density at radius 3 is 2.61 bits per heavy atom. The topological polar surface area (TPSA) is 116 Å². The van der Waals surface area contributed by atoms with Crippen LogP contribution in [0.2, 0.25) is 0 Å². The van der Waals surface area contributed by atoms with E-state index in [2.05, 4.69) is 44.4 Å². The fraction of sp³-hybridized carbons (Fsp3) is 0.111. The molecule has 36 heavy (non-hydrogen) atoms. The first kappa shape index (κ1) is 23.4. The van der Waals surface area contributed by atoms with Gasteiger partial charge in [0.2, 0.25) is 0 Å². The number of H-pyrrole nitrogens is 1. The molecule has 0 aliphatic heterocycles. The van der Waals surface area contributed by atoms with Gasteiger partial charge in [-0.25, -0.2) is 15.0 Å². The number of carbonyl (C=O) groups is 1. The third-order valence-corrected chi connectivity index (χ3v) is 6.59. The number of benzene rings is 2. The molecule has 2 aromatic carbocycles. The zero-order chi connectivity index (χ0) is 25.1. The molecule has 5 aromatic rings. The largest absolute Gasteiger partial charge is 0.508 e. The van der Waals surface area contributed by atoms with E-state index in [4.69, 9.17) is 0 Å². The second kappa shape index (κ2) is 10.1. The molecule has 0 aliphatic rings. The number of carbonyl (C=O) groups excluding carboxylic acids is 1. The molecule has 0 fully saturated rings. The Labute approximate surface area is 212 Å². The number of hydrogen-bond acceptors (Lipinski definition) is 7. The summed E-state index contributed by atoms with van der Waals surface area (Å²) in [7, 11) is 0. The second-order valence-corrected chi connectivity index (χ2v) is 9.57. The number of rotatable bonds is 7. The highest BCUT2D eigenvalue weighted by atomic mass is 32.2. The molecule has 0 aliphatic carbocycles. The Kier molecular flexibility index (Phi) is 6.55. The van der Waals surface area contributed by atoms with Crippen molar-refractivity contribution in [2.24, 2.45) is 0 Å². The minimum absolute atomic E-state index is 0.209. The molecule has 0 saturated carbocycles. The molecule has 0 radical (unpaired) electrons. The number of phenols is 1. The van der Waals surface area contributed by atoms with Crippen molar-refractivity contribution in [2.75, 3.05) is 10.6 Å². The van der Waals surface area contributed by atoms with Gasteiger partial charge in [0.05, 0.1) is 11.1 Å². The van der Waals surface area contributed by atoms with Crippen molar-refractivity contribution in [3.05, 3.63) is 90.6 Å². The number of aromatic amines is 1. The first-order valence-corrected chi connectivity index (χ1v) is 12.2. The summed E-state index contributed by atoms with van der Waals surface area (Å²) in [4.78, 5) is 30.9. The van der Waals surface area contributed by atoms with Gasteiger partial charge in [-0.3, -0.25) is 4.79 Å². The van der Waals surface area contributed by atoms with Crippen LogP contribution in [0.1, 0.15) is 35.9 Å². The van der Waals surface area contributed by atoms with E-state index < -0.39 is 0 Å². The average Bonchev–Trinajstić information content (AvgIpc) is 3.42. The summed E-state index contributed by atoms with van der Waals surface area (Å²) in [5.41, 5.74) is 3.43. The summed E-state index contributed by atoms with van der Waals surface area (Å²) in [5, 5.41) is 16.8. The lowest BCUT2D eigenvalue weighted by molar-refractivity contribution is 0.102. The molecular formula is C27H24N6O2S. The number of aromatic nitrogens is 4. The number of anilines is 3. The highest BCUT2D eigenvalue weighted by Gasteiger charge is 2.14. The van der Waals surface area contributed by atoms with E-state index in [0.717, 1.165) is 26.6 Å². The van der Waals surface area contributed by atoms with Crippen LogP contribution in [0, 0.1) is 0 Å². The monoisotopic (exact) mass is 496 g/mol. The average molecular weight is 497 g/mol. The maximum Gasteiger partial charge on any atom is 0.272 e. The van der Waals surface area contributed by atoms with E-state index in [1.54, 1.807) is 30.5 Å². The standard InChI is InChI=1S/C27H24N6O2S/c1-16(2)21-11-10-20-25(32-21)29-15-30-26(20)33-23-14-17(31-27(35)22-4-3-13-28-22)5-12-24(23)36-19-8-6-18(34)7-9-19/h3-16,28,34H,1-2H3,(H,31,35)(H,29,30,32,33). The molecule has 0 saturated heterocycles. The summed E-state index contributed by atoms with van der Waals surface area (Å²) >= 11 is 1.53. The molecule has 0 unspecified atom stereocenters. The number of fused-ring (bicyclic) bond motifs is 1. The Bertz CT molecular complexity index is 1520. The quantitative estimate of drug-likeness (QED) is 0.208. The highest BCUT2D eigenvalue weighted by molar-refractivity contribution is 7.99. The molecule has 5 rings (SSSR count). The van der Waals surface area contributed by atoms with Gasteiger partial charge >= 0.3 is 0 Å². The maximum absolute atomic E-state index is 12.6. The van der Waals surface area contributed by atoms with Crippen LogP contribution in [0.25, 0.3) is 11.0 Å². The molecule has 1 amide bonds. The van der Waals surface area contributed by atoms with Crippen molar-refractivity contribution >= 4 is 45.9 Å². The molecule has 3 heterocycles. The van der Waals surface area contributed by atoms with Gasteiger partial charge in [-0.05, 0) is 72.6 Å². The van der Waals surface area contributed by atoms with Crippen LogP contribution in [0.3, 0.4) is 0 Å². The minimum atomic E-state index is -0.234. The highest BCUT2D eigenvalue weighted by Crippen LogP contribution is 2.38. The van der Waals surface area contributed by atoms with Crippen LogP contribution in [-0.4, -0.2) is 30.9 Å². The molecule has 180 valence electrons. The second-order valence-electron chi connectivity index (χ2n) is 8.45. The summed E-state index contributed by atoms with van der Waals surface area (Å²) in [6, 6.07) is 20.1. The summed E-state index contributed by atoms with van der Waals surface area (Å²) < 4.78 is 0. The predicted molar refractivity (Wildman–Crippen MR) is 142 cm³/mol. The van der Waals surface area contributed by atoms with Gasteiger partial charge in [-0.2, -0.15) is 0 Å². The third-order valence-electron chi connectivity index (χ3n) is 5.51. The van der Waals surface area contributed by atoms with Crippen LogP contribution in [0.4, 0.5) is 17.2 Å². The molecule has 0 atom stereocenters. The summed E-state index contributed by atoms with van der Waals surface area (Å²) in [6.07, 6.45) is 3.20. The zero-order valence-corrected chi connectivity index (χ0v) is 20.5. The Morgan fingerprint density at radius 1 is 1.03 bits per heavy atom. The van der Waals surface area contributed by atoms with Crippen molar-refractivity contribution in [3.63, 3.8) is 0 Å². The van der Waals surface area contributed by atoms with E-state index in [1.807, 2.05) is 42.5 Å². The fourth-order valence-electron chi connectivity index (χ4n) is 3.61. The fourth-order valence-corrected chi connectivity index (χ4v) is 4.49. The van der Waals surface area contributed by atoms with Crippen LogP contribution in [0.5, 0.6) is 5.75 Å². The smallest absolute Gasteiger partial charge is 0.272 e. The number of nitrogens with zero attached hydrogens (tertiary/aromatic N) is 3. The molecular weight excluding hydrogens is 472 g/mol. The lowest BCUT2D eigenvalue weighted by atomic mass is 10.1.